The summed E-state index contributed by atoms with van der Waals surface area (Å²) in [6.07, 6.45) is 6.75. The van der Waals surface area contributed by atoms with E-state index in [-0.39, 0.29) is 61.0 Å². The fourth-order valence-electron chi connectivity index (χ4n) is 14.3. The predicted octanol–water partition coefficient (Wildman–Crippen LogP) is 11.0. The number of benzene rings is 6. The van der Waals surface area contributed by atoms with Crippen molar-refractivity contribution < 1.29 is 0 Å². The van der Waals surface area contributed by atoms with Gasteiger partial charge in [0, 0.05) is 43.3 Å². The Morgan fingerprint density at radius 1 is 0.453 bits per heavy atom. The molecular formula is C66H70B6N2S. The lowest BCUT2D eigenvalue weighted by Gasteiger charge is -2.48. The standard InChI is InChI=1S/C66H70B6N2S/c1-60(2,3)36-16-21-50-39(30-36)58-59(75-50)72-46-33-44-45(66(14,15)27-26-65(44,12)13)34-47(46)73(37-17-19-40-42(31-37)63(8,9)24-22-61(40,4)5)48-28-35(51-52(67)54(69)56(71)55(70)53(51)68)29-49(57(48)72)74(58)38-18-20-41-43(32-38)64(10,11)25-23-62(41,6)7/h16-21,28-34H,22-27H2,1-15H3. The van der Waals surface area contributed by atoms with Gasteiger partial charge in [0.2, 0.25) is 0 Å². The maximum Gasteiger partial charge on any atom is 0.264 e. The Morgan fingerprint density at radius 3 is 1.37 bits per heavy atom. The maximum atomic E-state index is 7.18. The van der Waals surface area contributed by atoms with E-state index in [1.165, 1.54) is 76.1 Å². The van der Waals surface area contributed by atoms with Gasteiger partial charge in [-0.15, -0.1) is 27.7 Å². The number of thiophene rings is 1. The second-order valence-electron chi connectivity index (χ2n) is 28.5. The molecule has 3 heterocycles. The lowest BCUT2D eigenvalue weighted by atomic mass is 9.35. The normalized spacial score (nSPS) is 19.9. The van der Waals surface area contributed by atoms with Crippen LogP contribution in [0.1, 0.15) is 181 Å². The summed E-state index contributed by atoms with van der Waals surface area (Å²) in [5.41, 5.74) is 22.2. The number of nitrogens with zero attached hydrogens (tertiary/aromatic N) is 2. The Hall–Kier alpha value is -4.73. The SMILES string of the molecule is [B]c1c([B])c([B])c(-c2cc3c4c(c2)N(c2ccc5c(c2)C(C)(C)CCC5(C)C)c2c(sc5ccc(C(C)(C)C)cc25)B4c2cc4c(cc2N3c2ccc3c(c2)C(C)(C)CCC3(C)C)C(C)(C)CCC4(C)C)c([B])c1[B]. The first-order chi connectivity index (χ1) is 34.8. The van der Waals surface area contributed by atoms with E-state index in [9.17, 15) is 0 Å². The molecule has 0 bridgehead atoms. The Morgan fingerprint density at radius 2 is 0.880 bits per heavy atom. The highest BCUT2D eigenvalue weighted by Gasteiger charge is 2.49. The summed E-state index contributed by atoms with van der Waals surface area (Å²) in [6.45, 7) is 36.1. The zero-order valence-corrected chi connectivity index (χ0v) is 48.3. The van der Waals surface area contributed by atoms with Crippen LogP contribution in [0.5, 0.6) is 0 Å². The molecule has 0 N–H and O–H groups in total. The van der Waals surface area contributed by atoms with Gasteiger partial charge in [-0.25, -0.2) is 0 Å². The molecule has 2 aliphatic heterocycles. The lowest BCUT2D eigenvalue weighted by molar-refractivity contribution is 0.332. The summed E-state index contributed by atoms with van der Waals surface area (Å²) >= 11 is 1.96. The summed E-state index contributed by atoms with van der Waals surface area (Å²) in [5.74, 6) is 0. The molecule has 1 aromatic heterocycles. The van der Waals surface area contributed by atoms with Crippen molar-refractivity contribution >= 4 is 145 Å². The zero-order chi connectivity index (χ0) is 53.8. The molecule has 75 heavy (non-hydrogen) atoms. The summed E-state index contributed by atoms with van der Waals surface area (Å²) in [7, 11) is 34.6. The fraction of sp³-hybridized carbons (Fsp3) is 0.424. The van der Waals surface area contributed by atoms with Gasteiger partial charge >= 0.3 is 0 Å². The number of anilines is 6. The number of rotatable bonds is 3. The molecule has 10 radical (unpaired) electrons. The first kappa shape index (κ1) is 51.1. The van der Waals surface area contributed by atoms with Crippen molar-refractivity contribution in [1.29, 1.82) is 0 Å². The number of fused-ring (bicyclic) bond motifs is 9. The highest BCUT2D eigenvalue weighted by atomic mass is 32.1. The van der Waals surface area contributed by atoms with Crippen molar-refractivity contribution in [2.24, 2.45) is 0 Å². The van der Waals surface area contributed by atoms with Gasteiger partial charge < -0.3 is 9.80 Å². The molecule has 3 aliphatic carbocycles. The fourth-order valence-corrected chi connectivity index (χ4v) is 15.6. The van der Waals surface area contributed by atoms with Gasteiger partial charge in [0.25, 0.3) is 6.71 Å². The first-order valence-electron chi connectivity index (χ1n) is 27.7. The van der Waals surface area contributed by atoms with Crippen molar-refractivity contribution in [3.63, 3.8) is 0 Å². The van der Waals surface area contributed by atoms with Crippen LogP contribution in [0.2, 0.25) is 0 Å². The van der Waals surface area contributed by atoms with Crippen LogP contribution in [-0.4, -0.2) is 45.9 Å². The van der Waals surface area contributed by atoms with Crippen LogP contribution < -0.4 is 52.8 Å². The summed E-state index contributed by atoms with van der Waals surface area (Å²) in [5, 5.41) is 1.26. The van der Waals surface area contributed by atoms with Crippen LogP contribution >= 0.6 is 11.3 Å². The molecule has 9 heteroatoms. The molecule has 0 spiro atoms. The third kappa shape index (κ3) is 7.44. The van der Waals surface area contributed by atoms with Crippen molar-refractivity contribution in [3.05, 3.63) is 118 Å². The average molecular weight is 988 g/mol. The average Bonchev–Trinajstić information content (AvgIpc) is 3.79. The van der Waals surface area contributed by atoms with Gasteiger partial charge in [0.1, 0.15) is 39.2 Å². The second-order valence-corrected chi connectivity index (χ2v) is 29.6. The van der Waals surface area contributed by atoms with E-state index >= 15 is 0 Å². The van der Waals surface area contributed by atoms with E-state index in [4.69, 9.17) is 39.2 Å². The monoisotopic (exact) mass is 989 g/mol. The van der Waals surface area contributed by atoms with Crippen LogP contribution in [0.3, 0.4) is 0 Å². The van der Waals surface area contributed by atoms with Crippen LogP contribution in [0.15, 0.2) is 78.9 Å². The third-order valence-corrected chi connectivity index (χ3v) is 20.9. The van der Waals surface area contributed by atoms with Gasteiger partial charge in [-0.1, -0.05) is 139 Å². The van der Waals surface area contributed by atoms with E-state index in [0.717, 1.165) is 66.8 Å². The van der Waals surface area contributed by atoms with E-state index in [1.54, 1.807) is 0 Å². The van der Waals surface area contributed by atoms with Crippen LogP contribution in [0.25, 0.3) is 21.2 Å². The summed E-state index contributed by atoms with van der Waals surface area (Å²) in [6, 6.07) is 31.9. The second kappa shape index (κ2) is 16.2. The smallest absolute Gasteiger partial charge is 0.264 e. The van der Waals surface area contributed by atoms with E-state index < -0.39 is 0 Å². The minimum atomic E-state index is -0.0968. The Kier molecular flexibility index (Phi) is 11.0. The van der Waals surface area contributed by atoms with Crippen molar-refractivity contribution in [2.45, 2.75) is 180 Å². The quantitative estimate of drug-likeness (QED) is 0.163. The maximum absolute atomic E-state index is 7.18. The molecular weight excluding hydrogens is 918 g/mol. The molecule has 0 saturated carbocycles. The van der Waals surface area contributed by atoms with Crippen molar-refractivity contribution in [2.75, 3.05) is 9.80 Å². The molecule has 2 nitrogen and oxygen atoms in total. The highest BCUT2D eigenvalue weighted by Crippen LogP contribution is 2.55. The Labute approximate surface area is 460 Å². The van der Waals surface area contributed by atoms with Gasteiger partial charge in [0.15, 0.2) is 0 Å². The molecule has 0 unspecified atom stereocenters. The van der Waals surface area contributed by atoms with E-state index in [0.29, 0.717) is 16.5 Å². The lowest BCUT2D eigenvalue weighted by Crippen LogP contribution is -2.61. The topological polar surface area (TPSA) is 6.48 Å². The largest absolute Gasteiger partial charge is 0.311 e. The van der Waals surface area contributed by atoms with Crippen LogP contribution in [-0.2, 0) is 37.9 Å². The molecule has 0 atom stereocenters. The van der Waals surface area contributed by atoms with E-state index in [1.807, 2.05) is 11.3 Å². The summed E-state index contributed by atoms with van der Waals surface area (Å²) < 4.78 is 2.64. The van der Waals surface area contributed by atoms with E-state index in [2.05, 4.69) is 193 Å². The van der Waals surface area contributed by atoms with Gasteiger partial charge in [-0.2, -0.15) is 0 Å². The Balaban J connectivity index is 1.28. The molecule has 5 aliphatic rings. The molecule has 7 aromatic rings. The van der Waals surface area contributed by atoms with Gasteiger partial charge in [0.05, 0.1) is 5.69 Å². The van der Waals surface area contributed by atoms with Crippen LogP contribution in [0.4, 0.5) is 34.1 Å². The zero-order valence-electron chi connectivity index (χ0n) is 47.5. The van der Waals surface area contributed by atoms with Gasteiger partial charge in [-0.3, -0.25) is 0 Å². The molecule has 0 saturated heterocycles. The molecule has 12 rings (SSSR count). The highest BCUT2D eigenvalue weighted by molar-refractivity contribution is 7.33. The molecule has 0 fully saturated rings. The van der Waals surface area contributed by atoms with Crippen molar-refractivity contribution in [3.8, 4) is 11.1 Å². The molecule has 368 valence electrons. The Bertz CT molecular complexity index is 3610. The predicted molar refractivity (Wildman–Crippen MR) is 333 cm³/mol. The molecule has 6 aromatic carbocycles. The first-order valence-corrected chi connectivity index (χ1v) is 28.5. The minimum Gasteiger partial charge on any atom is -0.311 e. The third-order valence-electron chi connectivity index (χ3n) is 19.7. The summed E-state index contributed by atoms with van der Waals surface area (Å²) in [4.78, 5) is 5.22. The van der Waals surface area contributed by atoms with Gasteiger partial charge in [-0.05, 0) is 192 Å². The number of hydrogen-bond donors (Lipinski definition) is 0. The van der Waals surface area contributed by atoms with Crippen molar-refractivity contribution in [1.82, 2.24) is 0 Å². The molecule has 0 amide bonds. The number of hydrogen-bond acceptors (Lipinski definition) is 3. The van der Waals surface area contributed by atoms with Crippen LogP contribution in [0, 0.1) is 0 Å². The minimum absolute atomic E-state index is 0.0157.